The van der Waals surface area contributed by atoms with Crippen molar-refractivity contribution >= 4 is 11.6 Å². The van der Waals surface area contributed by atoms with Crippen LogP contribution in [0, 0.1) is 0 Å². The normalized spacial score (nSPS) is 14.5. The van der Waals surface area contributed by atoms with Crippen molar-refractivity contribution in [2.75, 3.05) is 40.1 Å². The third kappa shape index (κ3) is 10.1. The molecule has 0 aliphatic rings. The molecule has 0 radical (unpaired) electrons. The van der Waals surface area contributed by atoms with Gasteiger partial charge in [-0.15, -0.1) is 11.6 Å². The van der Waals surface area contributed by atoms with Crippen LogP contribution in [-0.4, -0.2) is 50.6 Å². The van der Waals surface area contributed by atoms with Gasteiger partial charge in [-0.1, -0.05) is 0 Å². The zero-order chi connectivity index (χ0) is 10.3. The quantitative estimate of drug-likeness (QED) is 0.381. The zero-order valence-electron chi connectivity index (χ0n) is 9.44. The maximum Gasteiger partial charge on any atom is 0.0792 e. The van der Waals surface area contributed by atoms with Crippen molar-refractivity contribution in [2.45, 2.75) is 25.8 Å². The van der Waals surface area contributed by atoms with E-state index in [1.807, 2.05) is 0 Å². The molecule has 80 valence electrons. The van der Waals surface area contributed by atoms with Crippen LogP contribution >= 0.6 is 11.6 Å². The van der Waals surface area contributed by atoms with Gasteiger partial charge in [-0.05, 0) is 13.3 Å². The van der Waals surface area contributed by atoms with Crippen LogP contribution in [0.2, 0.25) is 0 Å². The lowest BCUT2D eigenvalue weighted by Crippen LogP contribution is -2.37. The van der Waals surface area contributed by atoms with Gasteiger partial charge >= 0.3 is 0 Å². The molecule has 0 aromatic rings. The molecule has 13 heavy (non-hydrogen) atoms. The first-order valence-corrected chi connectivity index (χ1v) is 5.59. The lowest BCUT2D eigenvalue weighted by molar-refractivity contribution is -0.870. The Morgan fingerprint density at radius 2 is 1.92 bits per heavy atom. The van der Waals surface area contributed by atoms with Crippen molar-refractivity contribution in [1.29, 1.82) is 0 Å². The summed E-state index contributed by atoms with van der Waals surface area (Å²) in [6, 6.07) is 0.560. The summed E-state index contributed by atoms with van der Waals surface area (Å²) in [6.45, 7) is 4.52. The van der Waals surface area contributed by atoms with Crippen molar-refractivity contribution < 1.29 is 4.48 Å². The molecule has 2 nitrogen and oxygen atoms in total. The van der Waals surface area contributed by atoms with Crippen molar-refractivity contribution in [3.05, 3.63) is 0 Å². The molecule has 0 bridgehead atoms. The molecule has 3 heteroatoms. The average Bonchev–Trinajstić information content (AvgIpc) is 1.97. The molecule has 0 spiro atoms. The number of nitrogens with one attached hydrogen (secondary N) is 1. The van der Waals surface area contributed by atoms with Crippen LogP contribution in [0.15, 0.2) is 0 Å². The SMILES string of the molecule is CC(CCCl)NCCC[N+](C)(C)C. The molecule has 0 rings (SSSR count). The topological polar surface area (TPSA) is 12.0 Å². The number of rotatable bonds is 7. The standard InChI is InChI=1S/C10H24ClN2/c1-10(6-7-11)12-8-5-9-13(2,3)4/h10,12H,5-9H2,1-4H3/q+1. The minimum atomic E-state index is 0.560. The second-order valence-electron chi connectivity index (χ2n) is 4.70. The molecule has 0 aromatic carbocycles. The molecule has 1 unspecified atom stereocenters. The van der Waals surface area contributed by atoms with Crippen molar-refractivity contribution in [3.8, 4) is 0 Å². The van der Waals surface area contributed by atoms with E-state index in [4.69, 9.17) is 11.6 Å². The first-order valence-electron chi connectivity index (χ1n) is 5.05. The third-order valence-corrected chi connectivity index (χ3v) is 2.26. The molecule has 1 N–H and O–H groups in total. The summed E-state index contributed by atoms with van der Waals surface area (Å²) in [6.07, 6.45) is 2.29. The summed E-state index contributed by atoms with van der Waals surface area (Å²) in [5, 5.41) is 3.46. The van der Waals surface area contributed by atoms with Crippen LogP contribution in [0.1, 0.15) is 19.8 Å². The monoisotopic (exact) mass is 207 g/mol. The fourth-order valence-corrected chi connectivity index (χ4v) is 1.49. The predicted molar refractivity (Wildman–Crippen MR) is 60.3 cm³/mol. The minimum Gasteiger partial charge on any atom is -0.331 e. The van der Waals surface area contributed by atoms with E-state index in [9.17, 15) is 0 Å². The largest absolute Gasteiger partial charge is 0.331 e. The number of hydrogen-bond acceptors (Lipinski definition) is 1. The van der Waals surface area contributed by atoms with Gasteiger partial charge in [0.2, 0.25) is 0 Å². The summed E-state index contributed by atoms with van der Waals surface area (Å²) < 4.78 is 1.05. The van der Waals surface area contributed by atoms with Crippen molar-refractivity contribution in [2.24, 2.45) is 0 Å². The highest BCUT2D eigenvalue weighted by molar-refractivity contribution is 6.17. The molecule has 0 saturated carbocycles. The van der Waals surface area contributed by atoms with Gasteiger partial charge in [0.1, 0.15) is 0 Å². The molecular weight excluding hydrogens is 184 g/mol. The fourth-order valence-electron chi connectivity index (χ4n) is 1.17. The lowest BCUT2D eigenvalue weighted by atomic mass is 10.2. The van der Waals surface area contributed by atoms with E-state index >= 15 is 0 Å². The summed E-state index contributed by atoms with van der Waals surface area (Å²) in [5.41, 5.74) is 0. The molecule has 0 aliphatic carbocycles. The minimum absolute atomic E-state index is 0.560. The second kappa shape index (κ2) is 6.63. The number of halogens is 1. The molecule has 0 amide bonds. The summed E-state index contributed by atoms with van der Waals surface area (Å²) >= 11 is 5.64. The van der Waals surface area contributed by atoms with Crippen LogP contribution in [0.4, 0.5) is 0 Å². The number of quaternary nitrogens is 1. The number of hydrogen-bond donors (Lipinski definition) is 1. The van der Waals surface area contributed by atoms with Crippen LogP contribution < -0.4 is 5.32 Å². The Labute approximate surface area is 87.8 Å². The molecule has 0 fully saturated rings. The number of alkyl halides is 1. The van der Waals surface area contributed by atoms with Crippen molar-refractivity contribution in [3.63, 3.8) is 0 Å². The Hall–Kier alpha value is 0.210. The summed E-state index contributed by atoms with van der Waals surface area (Å²) in [7, 11) is 6.67. The van der Waals surface area contributed by atoms with E-state index in [1.54, 1.807) is 0 Å². The molecular formula is C10H24ClN2+. The Balaban J connectivity index is 3.25. The molecule has 0 saturated heterocycles. The molecule has 1 atom stereocenters. The van der Waals surface area contributed by atoms with Gasteiger partial charge in [0, 0.05) is 24.9 Å². The average molecular weight is 208 g/mol. The first kappa shape index (κ1) is 13.2. The van der Waals surface area contributed by atoms with Gasteiger partial charge in [0.05, 0.1) is 27.7 Å². The third-order valence-electron chi connectivity index (χ3n) is 2.04. The second-order valence-corrected chi connectivity index (χ2v) is 5.08. The van der Waals surface area contributed by atoms with E-state index in [1.165, 1.54) is 13.0 Å². The summed E-state index contributed by atoms with van der Waals surface area (Å²) in [4.78, 5) is 0. The first-order chi connectivity index (χ1) is 5.95. The van der Waals surface area contributed by atoms with E-state index < -0.39 is 0 Å². The maximum atomic E-state index is 5.64. The highest BCUT2D eigenvalue weighted by atomic mass is 35.5. The van der Waals surface area contributed by atoms with Crippen molar-refractivity contribution in [1.82, 2.24) is 5.32 Å². The van der Waals surface area contributed by atoms with Gasteiger partial charge in [-0.25, -0.2) is 0 Å². The Bertz CT molecular complexity index is 121. The van der Waals surface area contributed by atoms with Gasteiger partial charge in [-0.3, -0.25) is 0 Å². The zero-order valence-corrected chi connectivity index (χ0v) is 10.2. The molecule has 0 aliphatic heterocycles. The Morgan fingerprint density at radius 1 is 1.31 bits per heavy atom. The van der Waals surface area contributed by atoms with E-state index in [-0.39, 0.29) is 0 Å². The highest BCUT2D eigenvalue weighted by Gasteiger charge is 2.06. The summed E-state index contributed by atoms with van der Waals surface area (Å²) in [5.74, 6) is 0.753. The van der Waals surface area contributed by atoms with Gasteiger partial charge in [-0.2, -0.15) is 0 Å². The molecule has 0 heterocycles. The van der Waals surface area contributed by atoms with Crippen LogP contribution in [0.25, 0.3) is 0 Å². The van der Waals surface area contributed by atoms with E-state index in [0.717, 1.165) is 23.3 Å². The predicted octanol–water partition coefficient (Wildman–Crippen LogP) is 1.69. The van der Waals surface area contributed by atoms with Crippen LogP contribution in [0.5, 0.6) is 0 Å². The van der Waals surface area contributed by atoms with Crippen LogP contribution in [0.3, 0.4) is 0 Å². The Morgan fingerprint density at radius 3 is 2.38 bits per heavy atom. The van der Waals surface area contributed by atoms with Crippen LogP contribution in [-0.2, 0) is 0 Å². The highest BCUT2D eigenvalue weighted by Crippen LogP contribution is 1.95. The van der Waals surface area contributed by atoms with E-state index in [2.05, 4.69) is 33.4 Å². The van der Waals surface area contributed by atoms with Gasteiger partial charge in [0.15, 0.2) is 0 Å². The van der Waals surface area contributed by atoms with E-state index in [0.29, 0.717) is 6.04 Å². The molecule has 0 aromatic heterocycles. The fraction of sp³-hybridized carbons (Fsp3) is 1.00. The van der Waals surface area contributed by atoms with Gasteiger partial charge in [0.25, 0.3) is 0 Å². The van der Waals surface area contributed by atoms with Gasteiger partial charge < -0.3 is 9.80 Å². The maximum absolute atomic E-state index is 5.64. The number of nitrogens with zero attached hydrogens (tertiary/aromatic N) is 1. The lowest BCUT2D eigenvalue weighted by Gasteiger charge is -2.24. The Kier molecular flexibility index (Phi) is 6.74. The smallest absolute Gasteiger partial charge is 0.0792 e.